The Hall–Kier alpha value is -1.82. The summed E-state index contributed by atoms with van der Waals surface area (Å²) >= 11 is 3.42. The molecule has 6 heteroatoms. The molecule has 0 N–H and O–H groups in total. The molecule has 0 radical (unpaired) electrons. The summed E-state index contributed by atoms with van der Waals surface area (Å²) in [5.41, 5.74) is 0.447. The van der Waals surface area contributed by atoms with Crippen molar-refractivity contribution in [3.8, 4) is 11.3 Å². The Kier molecular flexibility index (Phi) is 4.67. The Morgan fingerprint density at radius 1 is 1.33 bits per heavy atom. The molecule has 1 aromatic carbocycles. The molecule has 24 heavy (non-hydrogen) atoms. The van der Waals surface area contributed by atoms with Crippen LogP contribution < -0.4 is 0 Å². The molecule has 3 rings (SSSR count). The number of carbonyl (C=O) groups excluding carboxylic acids is 1. The molecular weight excluding hydrogens is 372 g/mol. The average molecular weight is 393 g/mol. The van der Waals surface area contributed by atoms with Gasteiger partial charge < -0.3 is 9.15 Å². The molecule has 1 saturated heterocycles. The monoisotopic (exact) mass is 392 g/mol. The quantitative estimate of drug-likeness (QED) is 0.706. The van der Waals surface area contributed by atoms with Crippen molar-refractivity contribution in [2.75, 3.05) is 6.54 Å². The number of hydrogen-bond donors (Lipinski definition) is 0. The van der Waals surface area contributed by atoms with Crippen LogP contribution in [-0.2, 0) is 4.74 Å². The molecule has 0 spiro atoms. The lowest BCUT2D eigenvalue weighted by Gasteiger charge is -2.27. The normalized spacial score (nSPS) is 18.0. The molecule has 1 aromatic heterocycles. The number of nitrogens with zero attached hydrogens (tertiary/aromatic N) is 2. The molecule has 1 fully saturated rings. The van der Waals surface area contributed by atoms with E-state index in [9.17, 15) is 4.79 Å². The number of ether oxygens (including phenoxy) is 1. The number of benzene rings is 1. The van der Waals surface area contributed by atoms with E-state index < -0.39 is 5.60 Å². The fraction of sp³-hybridized carbons (Fsp3) is 0.444. The number of amides is 1. The number of hydrogen-bond acceptors (Lipinski definition) is 4. The van der Waals surface area contributed by atoms with Gasteiger partial charge in [0.25, 0.3) is 0 Å². The van der Waals surface area contributed by atoms with Crippen molar-refractivity contribution < 1.29 is 13.9 Å². The van der Waals surface area contributed by atoms with Gasteiger partial charge in [-0.2, -0.15) is 0 Å². The lowest BCUT2D eigenvalue weighted by molar-refractivity contribution is 0.0204. The van der Waals surface area contributed by atoms with Crippen molar-refractivity contribution in [2.24, 2.45) is 0 Å². The zero-order valence-corrected chi connectivity index (χ0v) is 15.7. The maximum absolute atomic E-state index is 12.4. The first kappa shape index (κ1) is 17.0. The molecular formula is C18H21BrN2O3. The summed E-state index contributed by atoms with van der Waals surface area (Å²) in [5, 5.41) is 0. The van der Waals surface area contributed by atoms with Crippen LogP contribution in [0.4, 0.5) is 4.79 Å². The van der Waals surface area contributed by atoms with Crippen molar-refractivity contribution in [1.29, 1.82) is 0 Å². The summed E-state index contributed by atoms with van der Waals surface area (Å²) in [4.78, 5) is 18.5. The molecule has 5 nitrogen and oxygen atoms in total. The van der Waals surface area contributed by atoms with E-state index in [2.05, 4.69) is 20.9 Å². The number of likely N-dealkylation sites (tertiary alicyclic amines) is 1. The number of aromatic nitrogens is 1. The third-order valence-electron chi connectivity index (χ3n) is 3.82. The SMILES string of the molecule is CC(C)(C)OC(=O)N1CCC[C@@H]1c1ncc(-c2ccc(Br)cc2)o1. The first-order valence-electron chi connectivity index (χ1n) is 8.05. The third kappa shape index (κ3) is 3.80. The summed E-state index contributed by atoms with van der Waals surface area (Å²) in [7, 11) is 0. The Morgan fingerprint density at radius 2 is 2.04 bits per heavy atom. The van der Waals surface area contributed by atoms with Crippen LogP contribution in [0.3, 0.4) is 0 Å². The topological polar surface area (TPSA) is 55.6 Å². The van der Waals surface area contributed by atoms with Gasteiger partial charge in [0.1, 0.15) is 11.6 Å². The Bertz CT molecular complexity index is 719. The van der Waals surface area contributed by atoms with E-state index >= 15 is 0 Å². The molecule has 1 atom stereocenters. The van der Waals surface area contributed by atoms with Crippen molar-refractivity contribution in [3.05, 3.63) is 40.8 Å². The van der Waals surface area contributed by atoms with Gasteiger partial charge in [0.2, 0.25) is 5.89 Å². The first-order chi connectivity index (χ1) is 11.3. The maximum atomic E-state index is 12.4. The summed E-state index contributed by atoms with van der Waals surface area (Å²) in [6.07, 6.45) is 3.15. The lowest BCUT2D eigenvalue weighted by Crippen LogP contribution is -2.36. The second kappa shape index (κ2) is 6.59. The Balaban J connectivity index is 1.78. The number of halogens is 1. The van der Waals surface area contributed by atoms with Crippen molar-refractivity contribution in [2.45, 2.75) is 45.3 Å². The third-order valence-corrected chi connectivity index (χ3v) is 4.35. The highest BCUT2D eigenvalue weighted by molar-refractivity contribution is 9.10. The smallest absolute Gasteiger partial charge is 0.410 e. The van der Waals surface area contributed by atoms with E-state index in [1.807, 2.05) is 45.0 Å². The van der Waals surface area contributed by atoms with Gasteiger partial charge >= 0.3 is 6.09 Å². The van der Waals surface area contributed by atoms with Gasteiger partial charge in [-0.3, -0.25) is 4.90 Å². The number of rotatable bonds is 2. The Morgan fingerprint density at radius 3 is 2.71 bits per heavy atom. The zero-order valence-electron chi connectivity index (χ0n) is 14.1. The summed E-state index contributed by atoms with van der Waals surface area (Å²) in [5.74, 6) is 1.27. The molecule has 1 aliphatic heterocycles. The molecule has 1 amide bonds. The molecule has 0 bridgehead atoms. The van der Waals surface area contributed by atoms with E-state index in [4.69, 9.17) is 9.15 Å². The highest BCUT2D eigenvalue weighted by atomic mass is 79.9. The van der Waals surface area contributed by atoms with Crippen LogP contribution in [-0.4, -0.2) is 28.1 Å². The van der Waals surface area contributed by atoms with Gasteiger partial charge in [-0.25, -0.2) is 9.78 Å². The average Bonchev–Trinajstić information content (AvgIpc) is 3.15. The van der Waals surface area contributed by atoms with E-state index in [1.54, 1.807) is 11.1 Å². The van der Waals surface area contributed by atoms with Crippen molar-refractivity contribution in [1.82, 2.24) is 9.88 Å². The molecule has 0 unspecified atom stereocenters. The van der Waals surface area contributed by atoms with Gasteiger partial charge in [-0.1, -0.05) is 28.1 Å². The van der Waals surface area contributed by atoms with Crippen LogP contribution in [0.5, 0.6) is 0 Å². The van der Waals surface area contributed by atoms with Crippen LogP contribution in [0, 0.1) is 0 Å². The minimum atomic E-state index is -0.511. The second-order valence-electron chi connectivity index (χ2n) is 6.90. The van der Waals surface area contributed by atoms with E-state index in [0.717, 1.165) is 22.9 Å². The molecule has 0 saturated carbocycles. The fourth-order valence-corrected chi connectivity index (χ4v) is 3.02. The molecule has 2 aromatic rings. The molecule has 1 aliphatic rings. The van der Waals surface area contributed by atoms with Gasteiger partial charge in [0.15, 0.2) is 5.76 Å². The molecule has 0 aliphatic carbocycles. The van der Waals surface area contributed by atoms with Crippen molar-refractivity contribution >= 4 is 22.0 Å². The van der Waals surface area contributed by atoms with Crippen LogP contribution in [0.2, 0.25) is 0 Å². The standard InChI is InChI=1S/C18H21BrN2O3/c1-18(2,3)24-17(22)21-10-4-5-14(21)16-20-11-15(23-16)12-6-8-13(19)9-7-12/h6-9,11,14H,4-5,10H2,1-3H3/t14-/m1/s1. The molecule has 128 valence electrons. The zero-order chi connectivity index (χ0) is 17.3. The fourth-order valence-electron chi connectivity index (χ4n) is 2.75. The number of carbonyl (C=O) groups is 1. The van der Waals surface area contributed by atoms with Gasteiger partial charge in [0, 0.05) is 16.6 Å². The summed E-state index contributed by atoms with van der Waals surface area (Å²) in [6, 6.07) is 7.69. The van der Waals surface area contributed by atoms with Gasteiger partial charge in [-0.15, -0.1) is 0 Å². The predicted octanol–water partition coefficient (Wildman–Crippen LogP) is 5.18. The van der Waals surface area contributed by atoms with Crippen LogP contribution in [0.1, 0.15) is 45.5 Å². The highest BCUT2D eigenvalue weighted by Gasteiger charge is 2.36. The lowest BCUT2D eigenvalue weighted by atomic mass is 10.2. The largest absolute Gasteiger partial charge is 0.444 e. The van der Waals surface area contributed by atoms with Crippen molar-refractivity contribution in [3.63, 3.8) is 0 Å². The van der Waals surface area contributed by atoms with E-state index in [1.165, 1.54) is 0 Å². The highest BCUT2D eigenvalue weighted by Crippen LogP contribution is 2.34. The van der Waals surface area contributed by atoms with Crippen LogP contribution in [0.25, 0.3) is 11.3 Å². The van der Waals surface area contributed by atoms with Crippen LogP contribution >= 0.6 is 15.9 Å². The first-order valence-corrected chi connectivity index (χ1v) is 8.84. The summed E-state index contributed by atoms with van der Waals surface area (Å²) in [6.45, 7) is 6.27. The van der Waals surface area contributed by atoms with E-state index in [0.29, 0.717) is 18.2 Å². The van der Waals surface area contributed by atoms with Crippen LogP contribution in [0.15, 0.2) is 39.4 Å². The predicted molar refractivity (Wildman–Crippen MR) is 94.6 cm³/mol. The number of oxazole rings is 1. The van der Waals surface area contributed by atoms with E-state index in [-0.39, 0.29) is 12.1 Å². The second-order valence-corrected chi connectivity index (χ2v) is 7.82. The Labute approximate surface area is 150 Å². The van der Waals surface area contributed by atoms with Gasteiger partial charge in [0.05, 0.1) is 6.20 Å². The minimum Gasteiger partial charge on any atom is -0.444 e. The summed E-state index contributed by atoms with van der Waals surface area (Å²) < 4.78 is 12.4. The minimum absolute atomic E-state index is 0.163. The molecule has 2 heterocycles. The maximum Gasteiger partial charge on any atom is 0.410 e. The van der Waals surface area contributed by atoms with Gasteiger partial charge in [-0.05, 0) is 45.7 Å².